The van der Waals surface area contributed by atoms with Crippen LogP contribution in [0.25, 0.3) is 0 Å². The van der Waals surface area contributed by atoms with Crippen LogP contribution in [0.2, 0.25) is 0 Å². The third-order valence-corrected chi connectivity index (χ3v) is 7.53. The molecule has 5 nitrogen and oxygen atoms in total. The zero-order valence-electron chi connectivity index (χ0n) is 18.4. The fraction of sp³-hybridized carbons (Fsp3) is 0.462. The number of fused-ring (bicyclic) bond motifs is 4. The maximum absolute atomic E-state index is 13.6. The Labute approximate surface area is 188 Å². The van der Waals surface area contributed by atoms with Crippen molar-refractivity contribution in [3.8, 4) is 0 Å². The largest absolute Gasteiger partial charge is 0.465 e. The summed E-state index contributed by atoms with van der Waals surface area (Å²) in [6.45, 7) is 3.92. The van der Waals surface area contributed by atoms with E-state index in [1.807, 2.05) is 17.0 Å². The maximum atomic E-state index is 13.6. The van der Waals surface area contributed by atoms with E-state index in [0.717, 1.165) is 36.3 Å². The number of halogens is 1. The molecule has 6 rings (SSSR count). The molecule has 3 saturated heterocycles. The van der Waals surface area contributed by atoms with E-state index in [9.17, 15) is 14.0 Å². The molecule has 6 heteroatoms. The minimum absolute atomic E-state index is 0.167. The number of piperidine rings is 3. The van der Waals surface area contributed by atoms with Gasteiger partial charge in [0.25, 0.3) is 0 Å². The van der Waals surface area contributed by atoms with Crippen LogP contribution in [0, 0.1) is 17.7 Å². The lowest BCUT2D eigenvalue weighted by molar-refractivity contribution is -0.136. The average molecular weight is 437 g/mol. The first kappa shape index (κ1) is 21.1. The molecule has 2 bridgehead atoms. The number of rotatable bonds is 4. The van der Waals surface area contributed by atoms with Gasteiger partial charge in [0, 0.05) is 19.5 Å². The summed E-state index contributed by atoms with van der Waals surface area (Å²) < 4.78 is 18.5. The first-order valence-electron chi connectivity index (χ1n) is 11.5. The normalized spacial score (nSPS) is 26.5. The van der Waals surface area contributed by atoms with Crippen LogP contribution in [0.15, 0.2) is 42.5 Å². The molecule has 0 radical (unpaired) electrons. The highest BCUT2D eigenvalue weighted by molar-refractivity contribution is 5.89. The Balaban J connectivity index is 1.46. The quantitative estimate of drug-likeness (QED) is 0.684. The summed E-state index contributed by atoms with van der Waals surface area (Å²) in [6.07, 6.45) is 3.63. The Morgan fingerprint density at radius 3 is 2.47 bits per heavy atom. The number of amides is 1. The molecule has 168 valence electrons. The average Bonchev–Trinajstić information content (AvgIpc) is 2.83. The molecule has 3 fully saturated rings. The smallest absolute Gasteiger partial charge is 0.337 e. The van der Waals surface area contributed by atoms with Crippen LogP contribution in [0.3, 0.4) is 0 Å². The van der Waals surface area contributed by atoms with Crippen LogP contribution >= 0.6 is 0 Å². The molecule has 0 aliphatic carbocycles. The van der Waals surface area contributed by atoms with Gasteiger partial charge in [0.05, 0.1) is 18.7 Å². The van der Waals surface area contributed by atoms with E-state index in [1.165, 1.54) is 32.1 Å². The molecule has 0 aromatic heterocycles. The van der Waals surface area contributed by atoms with Gasteiger partial charge in [-0.25, -0.2) is 9.18 Å². The predicted molar refractivity (Wildman–Crippen MR) is 119 cm³/mol. The number of carbonyl (C=O) groups is 2. The second-order valence-corrected chi connectivity index (χ2v) is 9.30. The van der Waals surface area contributed by atoms with Gasteiger partial charge in [-0.1, -0.05) is 18.2 Å². The molecule has 4 aliphatic rings. The van der Waals surface area contributed by atoms with Crippen molar-refractivity contribution in [3.63, 3.8) is 0 Å². The van der Waals surface area contributed by atoms with E-state index >= 15 is 0 Å². The number of hydrogen-bond donors (Lipinski definition) is 0. The van der Waals surface area contributed by atoms with Gasteiger partial charge in [-0.2, -0.15) is 0 Å². The minimum Gasteiger partial charge on any atom is -0.465 e. The Bertz CT molecular complexity index is 1010. The molecular weight excluding hydrogens is 407 g/mol. The van der Waals surface area contributed by atoms with Gasteiger partial charge in [-0.15, -0.1) is 0 Å². The molecule has 2 aromatic carbocycles. The van der Waals surface area contributed by atoms with Gasteiger partial charge < -0.3 is 14.5 Å². The van der Waals surface area contributed by atoms with Crippen LogP contribution in [0.4, 0.5) is 4.39 Å². The summed E-state index contributed by atoms with van der Waals surface area (Å²) in [4.78, 5) is 30.0. The van der Waals surface area contributed by atoms with Gasteiger partial charge in [-0.3, -0.25) is 4.79 Å². The zero-order chi connectivity index (χ0) is 22.2. The van der Waals surface area contributed by atoms with Gasteiger partial charge in [0.1, 0.15) is 5.82 Å². The second-order valence-electron chi connectivity index (χ2n) is 9.30. The second kappa shape index (κ2) is 8.66. The first-order valence-corrected chi connectivity index (χ1v) is 11.5. The lowest BCUT2D eigenvalue weighted by Crippen LogP contribution is -2.49. The highest BCUT2D eigenvalue weighted by Gasteiger charge is 2.38. The van der Waals surface area contributed by atoms with Gasteiger partial charge in [-0.05, 0) is 85.1 Å². The monoisotopic (exact) mass is 436 g/mol. The summed E-state index contributed by atoms with van der Waals surface area (Å²) >= 11 is 0. The van der Waals surface area contributed by atoms with Crippen LogP contribution in [0.1, 0.15) is 52.4 Å². The summed E-state index contributed by atoms with van der Waals surface area (Å²) in [7, 11) is 1.37. The third-order valence-electron chi connectivity index (χ3n) is 7.53. The molecule has 0 unspecified atom stereocenters. The molecule has 4 aliphatic heterocycles. The summed E-state index contributed by atoms with van der Waals surface area (Å²) in [5.74, 6) is 0.568. The number of carbonyl (C=O) groups excluding carboxylic acids is 2. The van der Waals surface area contributed by atoms with Gasteiger partial charge in [0.2, 0.25) is 5.91 Å². The molecular formula is C26H29FN2O3. The molecule has 1 amide bonds. The number of methoxy groups -OCH3 is 1. The molecule has 0 saturated carbocycles. The van der Waals surface area contributed by atoms with E-state index in [1.54, 1.807) is 18.2 Å². The van der Waals surface area contributed by atoms with Crippen LogP contribution < -0.4 is 0 Å². The Kier molecular flexibility index (Phi) is 5.72. The molecule has 4 heterocycles. The van der Waals surface area contributed by atoms with Crippen molar-refractivity contribution in [1.29, 1.82) is 0 Å². The van der Waals surface area contributed by atoms with E-state index in [0.29, 0.717) is 36.8 Å². The van der Waals surface area contributed by atoms with E-state index in [2.05, 4.69) is 4.90 Å². The molecule has 0 N–H and O–H groups in total. The van der Waals surface area contributed by atoms with Crippen molar-refractivity contribution in [3.05, 3.63) is 70.5 Å². The third kappa shape index (κ3) is 3.92. The highest BCUT2D eigenvalue weighted by Crippen LogP contribution is 2.39. The van der Waals surface area contributed by atoms with E-state index < -0.39 is 0 Å². The predicted octanol–water partition coefficient (Wildman–Crippen LogP) is 3.82. The molecule has 32 heavy (non-hydrogen) atoms. The number of nitrogens with zero attached hydrogens (tertiary/aromatic N) is 2. The van der Waals surface area contributed by atoms with Crippen LogP contribution in [0.5, 0.6) is 0 Å². The lowest BCUT2D eigenvalue weighted by atomic mass is 9.77. The number of hydrogen-bond acceptors (Lipinski definition) is 4. The fourth-order valence-electron chi connectivity index (χ4n) is 5.81. The molecule has 0 spiro atoms. The van der Waals surface area contributed by atoms with Crippen molar-refractivity contribution in [2.24, 2.45) is 11.8 Å². The SMILES string of the molecule is COC(=O)c1ccc2c(c1)CCN(C(=O)C[C@@H]1CN3CCC1CC3)[C@H]2c1ccc(F)cc1. The highest BCUT2D eigenvalue weighted by atomic mass is 19.1. The van der Waals surface area contributed by atoms with E-state index in [-0.39, 0.29) is 23.7 Å². The van der Waals surface area contributed by atoms with Crippen molar-refractivity contribution in [2.75, 3.05) is 33.3 Å². The Morgan fingerprint density at radius 1 is 1.06 bits per heavy atom. The first-order chi connectivity index (χ1) is 15.5. The standard InChI is InChI=1S/C26H29FN2O3/c1-32-26(31)20-4-7-23-19(14-20)10-13-29(25(23)18-2-5-22(27)6-3-18)24(30)15-21-16-28-11-8-17(21)9-12-28/h2-7,14,17,21,25H,8-13,15-16H2,1H3/t21-,25+/m1/s1. The summed E-state index contributed by atoms with van der Waals surface area (Å²) in [5.41, 5.74) is 3.43. The molecule has 2 aromatic rings. The van der Waals surface area contributed by atoms with Crippen molar-refractivity contribution in [2.45, 2.75) is 31.7 Å². The van der Waals surface area contributed by atoms with Crippen molar-refractivity contribution >= 4 is 11.9 Å². The summed E-state index contributed by atoms with van der Waals surface area (Å²) in [6, 6.07) is 11.7. The topological polar surface area (TPSA) is 49.9 Å². The van der Waals surface area contributed by atoms with Gasteiger partial charge in [0.15, 0.2) is 0 Å². The van der Waals surface area contributed by atoms with E-state index in [4.69, 9.17) is 4.74 Å². The van der Waals surface area contributed by atoms with Crippen molar-refractivity contribution in [1.82, 2.24) is 9.80 Å². The lowest BCUT2D eigenvalue weighted by Gasteiger charge is -2.46. The minimum atomic E-state index is -0.369. The van der Waals surface area contributed by atoms with Crippen LogP contribution in [-0.4, -0.2) is 55.0 Å². The number of benzene rings is 2. The fourth-order valence-corrected chi connectivity index (χ4v) is 5.81. The Morgan fingerprint density at radius 2 is 1.81 bits per heavy atom. The van der Waals surface area contributed by atoms with Gasteiger partial charge >= 0.3 is 5.97 Å². The molecule has 2 atom stereocenters. The summed E-state index contributed by atoms with van der Waals surface area (Å²) in [5, 5.41) is 0. The number of esters is 1. The Hall–Kier alpha value is -2.73. The zero-order valence-corrected chi connectivity index (χ0v) is 18.4. The van der Waals surface area contributed by atoms with Crippen molar-refractivity contribution < 1.29 is 18.7 Å². The maximum Gasteiger partial charge on any atom is 0.337 e. The van der Waals surface area contributed by atoms with Crippen LogP contribution in [-0.2, 0) is 16.0 Å². The number of ether oxygens (including phenoxy) is 1.